The maximum absolute atomic E-state index is 14.2. The van der Waals surface area contributed by atoms with Crippen LogP contribution in [0.2, 0.25) is 5.02 Å². The molecule has 1 atom stereocenters. The Labute approximate surface area is 145 Å². The van der Waals surface area contributed by atoms with Crippen LogP contribution in [0.4, 0.5) is 4.39 Å². The van der Waals surface area contributed by atoms with Gasteiger partial charge in [0.1, 0.15) is 6.17 Å². The van der Waals surface area contributed by atoms with Crippen LogP contribution in [0, 0.1) is 5.92 Å². The van der Waals surface area contributed by atoms with Crippen LogP contribution >= 0.6 is 11.6 Å². The van der Waals surface area contributed by atoms with E-state index in [1.54, 1.807) is 41.3 Å². The van der Waals surface area contributed by atoms with Crippen LogP contribution in [-0.2, 0) is 0 Å². The van der Waals surface area contributed by atoms with E-state index in [4.69, 9.17) is 11.6 Å². The van der Waals surface area contributed by atoms with Crippen LogP contribution in [0.25, 0.3) is 5.69 Å². The minimum absolute atomic E-state index is 0.00390. The van der Waals surface area contributed by atoms with E-state index in [9.17, 15) is 9.18 Å². The number of benzene rings is 1. The molecule has 2 heterocycles. The van der Waals surface area contributed by atoms with Gasteiger partial charge in [0.2, 0.25) is 0 Å². The molecule has 0 saturated carbocycles. The Morgan fingerprint density at radius 1 is 1.46 bits per heavy atom. The summed E-state index contributed by atoms with van der Waals surface area (Å²) in [6.45, 7) is 1.68. The number of halogens is 2. The SMILES string of the molecule is O=C(NCC(F)C1CCNCC1)c1ccc(-n2cccn2)cc1Cl. The predicted octanol–water partition coefficient (Wildman–Crippen LogP) is 2.59. The van der Waals surface area contributed by atoms with E-state index in [1.165, 1.54) is 0 Å². The van der Waals surface area contributed by atoms with E-state index < -0.39 is 6.17 Å². The molecule has 7 heteroatoms. The van der Waals surface area contributed by atoms with Gasteiger partial charge in [-0.05, 0) is 56.1 Å². The summed E-state index contributed by atoms with van der Waals surface area (Å²) in [5.74, 6) is -0.354. The van der Waals surface area contributed by atoms with Gasteiger partial charge < -0.3 is 10.6 Å². The van der Waals surface area contributed by atoms with Crippen molar-refractivity contribution in [3.05, 3.63) is 47.2 Å². The third kappa shape index (κ3) is 3.94. The van der Waals surface area contributed by atoms with Gasteiger partial charge in [0.25, 0.3) is 5.91 Å². The first-order chi connectivity index (χ1) is 11.6. The number of carbonyl (C=O) groups excluding carboxylic acids is 1. The van der Waals surface area contributed by atoms with Gasteiger partial charge in [-0.3, -0.25) is 4.79 Å². The van der Waals surface area contributed by atoms with Crippen LogP contribution in [0.3, 0.4) is 0 Å². The monoisotopic (exact) mass is 350 g/mol. The summed E-state index contributed by atoms with van der Waals surface area (Å²) >= 11 is 6.20. The summed E-state index contributed by atoms with van der Waals surface area (Å²) in [5, 5.41) is 10.3. The van der Waals surface area contributed by atoms with Crippen molar-refractivity contribution >= 4 is 17.5 Å². The zero-order chi connectivity index (χ0) is 16.9. The molecule has 2 aromatic rings. The highest BCUT2D eigenvalue weighted by Crippen LogP contribution is 2.21. The largest absolute Gasteiger partial charge is 0.349 e. The van der Waals surface area contributed by atoms with E-state index in [0.717, 1.165) is 31.6 Å². The molecule has 1 aromatic carbocycles. The van der Waals surface area contributed by atoms with Gasteiger partial charge in [-0.15, -0.1) is 0 Å². The maximum atomic E-state index is 14.2. The average Bonchev–Trinajstić information content (AvgIpc) is 3.14. The van der Waals surface area contributed by atoms with Crippen LogP contribution in [0.5, 0.6) is 0 Å². The van der Waals surface area contributed by atoms with Crippen molar-refractivity contribution in [2.75, 3.05) is 19.6 Å². The number of aromatic nitrogens is 2. The molecule has 0 spiro atoms. The molecular weight excluding hydrogens is 331 g/mol. The quantitative estimate of drug-likeness (QED) is 0.871. The second-order valence-corrected chi connectivity index (χ2v) is 6.34. The zero-order valence-corrected chi connectivity index (χ0v) is 14.0. The highest BCUT2D eigenvalue weighted by atomic mass is 35.5. The lowest BCUT2D eigenvalue weighted by Gasteiger charge is -2.25. The first kappa shape index (κ1) is 16.9. The van der Waals surface area contributed by atoms with Gasteiger partial charge >= 0.3 is 0 Å². The molecule has 1 unspecified atom stereocenters. The molecule has 1 aromatic heterocycles. The first-order valence-corrected chi connectivity index (χ1v) is 8.45. The molecule has 1 fully saturated rings. The minimum atomic E-state index is -1.03. The lowest BCUT2D eigenvalue weighted by atomic mass is 9.93. The van der Waals surface area contributed by atoms with Crippen LogP contribution in [-0.4, -0.2) is 41.5 Å². The molecular formula is C17H20ClFN4O. The van der Waals surface area contributed by atoms with Gasteiger partial charge in [0.05, 0.1) is 16.3 Å². The van der Waals surface area contributed by atoms with E-state index >= 15 is 0 Å². The third-order valence-corrected chi connectivity index (χ3v) is 4.63. The summed E-state index contributed by atoms with van der Waals surface area (Å²) in [6, 6.07) is 6.86. The van der Waals surface area contributed by atoms with E-state index in [2.05, 4.69) is 15.7 Å². The summed E-state index contributed by atoms with van der Waals surface area (Å²) in [6.07, 6.45) is 4.03. The average molecular weight is 351 g/mol. The number of hydrogen-bond acceptors (Lipinski definition) is 3. The Balaban J connectivity index is 1.60. The van der Waals surface area contributed by atoms with Crippen LogP contribution < -0.4 is 10.6 Å². The van der Waals surface area contributed by atoms with Gasteiger partial charge in [-0.2, -0.15) is 5.10 Å². The first-order valence-electron chi connectivity index (χ1n) is 8.07. The maximum Gasteiger partial charge on any atom is 0.252 e. The summed E-state index contributed by atoms with van der Waals surface area (Å²) in [4.78, 5) is 12.3. The molecule has 1 aliphatic rings. The molecule has 1 aliphatic heterocycles. The highest BCUT2D eigenvalue weighted by Gasteiger charge is 2.24. The molecule has 1 saturated heterocycles. The van der Waals surface area contributed by atoms with Crippen molar-refractivity contribution in [2.45, 2.75) is 19.0 Å². The number of piperidine rings is 1. The van der Waals surface area contributed by atoms with Gasteiger partial charge in [-0.1, -0.05) is 11.6 Å². The van der Waals surface area contributed by atoms with Crippen molar-refractivity contribution in [2.24, 2.45) is 5.92 Å². The minimum Gasteiger partial charge on any atom is -0.349 e. The van der Waals surface area contributed by atoms with Crippen LogP contribution in [0.1, 0.15) is 23.2 Å². The molecule has 128 valence electrons. The number of nitrogens with one attached hydrogen (secondary N) is 2. The number of nitrogens with zero attached hydrogens (tertiary/aromatic N) is 2. The normalized spacial score (nSPS) is 16.8. The number of amides is 1. The lowest BCUT2D eigenvalue weighted by Crippen LogP contribution is -2.38. The summed E-state index contributed by atoms with van der Waals surface area (Å²) < 4.78 is 15.9. The lowest BCUT2D eigenvalue weighted by molar-refractivity contribution is 0.0924. The Morgan fingerprint density at radius 3 is 2.92 bits per heavy atom. The standard InChI is InChI=1S/C17H20ClFN4O/c18-15-10-13(23-9-1-6-22-23)2-3-14(15)17(24)21-11-16(19)12-4-7-20-8-5-12/h1-3,6,9-10,12,16,20H,4-5,7-8,11H2,(H,21,24). The summed E-state index contributed by atoms with van der Waals surface area (Å²) in [5.41, 5.74) is 1.10. The Morgan fingerprint density at radius 2 is 2.25 bits per heavy atom. The molecule has 0 radical (unpaired) electrons. The topological polar surface area (TPSA) is 59.0 Å². The molecule has 3 rings (SSSR count). The Bertz CT molecular complexity index is 686. The van der Waals surface area contributed by atoms with E-state index in [-0.39, 0.29) is 18.4 Å². The number of alkyl halides is 1. The molecule has 5 nitrogen and oxygen atoms in total. The van der Waals surface area contributed by atoms with E-state index in [0.29, 0.717) is 10.6 Å². The fourth-order valence-electron chi connectivity index (χ4n) is 2.91. The fourth-order valence-corrected chi connectivity index (χ4v) is 3.17. The Hall–Kier alpha value is -1.92. The van der Waals surface area contributed by atoms with E-state index in [1.807, 2.05) is 0 Å². The summed E-state index contributed by atoms with van der Waals surface area (Å²) in [7, 11) is 0. The second kappa shape index (κ2) is 7.77. The van der Waals surface area contributed by atoms with Gasteiger partial charge in [0.15, 0.2) is 0 Å². The zero-order valence-electron chi connectivity index (χ0n) is 13.2. The predicted molar refractivity (Wildman–Crippen MR) is 91.4 cm³/mol. The number of carbonyl (C=O) groups is 1. The van der Waals surface area contributed by atoms with Crippen molar-refractivity contribution < 1.29 is 9.18 Å². The number of rotatable bonds is 5. The van der Waals surface area contributed by atoms with Gasteiger partial charge in [-0.25, -0.2) is 9.07 Å². The molecule has 0 aliphatic carbocycles. The fraction of sp³-hybridized carbons (Fsp3) is 0.412. The number of hydrogen-bond donors (Lipinski definition) is 2. The second-order valence-electron chi connectivity index (χ2n) is 5.93. The molecule has 2 N–H and O–H groups in total. The van der Waals surface area contributed by atoms with Crippen molar-refractivity contribution in [3.8, 4) is 5.69 Å². The highest BCUT2D eigenvalue weighted by molar-refractivity contribution is 6.34. The molecule has 1 amide bonds. The third-order valence-electron chi connectivity index (χ3n) is 4.32. The van der Waals surface area contributed by atoms with Gasteiger partial charge in [0, 0.05) is 18.9 Å². The smallest absolute Gasteiger partial charge is 0.252 e. The molecule has 0 bridgehead atoms. The van der Waals surface area contributed by atoms with Crippen molar-refractivity contribution in [3.63, 3.8) is 0 Å². The molecule has 24 heavy (non-hydrogen) atoms. The Kier molecular flexibility index (Phi) is 5.48. The van der Waals surface area contributed by atoms with Crippen molar-refractivity contribution in [1.82, 2.24) is 20.4 Å². The van der Waals surface area contributed by atoms with Crippen LogP contribution in [0.15, 0.2) is 36.7 Å². The van der Waals surface area contributed by atoms with Crippen molar-refractivity contribution in [1.29, 1.82) is 0 Å².